The van der Waals surface area contributed by atoms with E-state index in [1.165, 1.54) is 0 Å². The van der Waals surface area contributed by atoms with E-state index in [9.17, 15) is 9.59 Å². The monoisotopic (exact) mass is 279 g/mol. The van der Waals surface area contributed by atoms with Gasteiger partial charge in [0.15, 0.2) is 5.82 Å². The molecule has 1 aromatic heterocycles. The molecule has 1 saturated heterocycles. The molecule has 1 aliphatic rings. The Morgan fingerprint density at radius 3 is 2.70 bits per heavy atom. The van der Waals surface area contributed by atoms with Crippen LogP contribution >= 0.6 is 0 Å². The molecule has 1 fully saturated rings. The summed E-state index contributed by atoms with van der Waals surface area (Å²) in [6, 6.07) is 1.69. The van der Waals surface area contributed by atoms with Crippen molar-refractivity contribution in [1.29, 1.82) is 0 Å². The van der Waals surface area contributed by atoms with Crippen LogP contribution in [0.2, 0.25) is 0 Å². The highest BCUT2D eigenvalue weighted by molar-refractivity contribution is 5.91. The van der Waals surface area contributed by atoms with E-state index in [2.05, 4.69) is 10.5 Å². The van der Waals surface area contributed by atoms with Crippen molar-refractivity contribution < 1.29 is 14.1 Å². The maximum Gasteiger partial charge on any atom is 0.228 e. The van der Waals surface area contributed by atoms with Gasteiger partial charge in [0.1, 0.15) is 5.76 Å². The number of hydrogen-bond donors (Lipinski definition) is 1. The third kappa shape index (κ3) is 3.59. The zero-order chi connectivity index (χ0) is 14.5. The summed E-state index contributed by atoms with van der Waals surface area (Å²) in [7, 11) is 0. The number of likely N-dealkylation sites (tertiary alicyclic amines) is 1. The summed E-state index contributed by atoms with van der Waals surface area (Å²) in [5.41, 5.74) is 0. The lowest BCUT2D eigenvalue weighted by molar-refractivity contribution is -0.134. The van der Waals surface area contributed by atoms with Crippen LogP contribution in [0.25, 0.3) is 0 Å². The summed E-state index contributed by atoms with van der Waals surface area (Å²) < 4.78 is 4.91. The molecule has 6 heteroatoms. The fraction of sp³-hybridized carbons (Fsp3) is 0.643. The van der Waals surface area contributed by atoms with E-state index in [1.807, 2.05) is 11.8 Å². The molecule has 2 rings (SSSR count). The topological polar surface area (TPSA) is 75.4 Å². The van der Waals surface area contributed by atoms with E-state index in [1.54, 1.807) is 13.0 Å². The number of amides is 2. The Labute approximate surface area is 118 Å². The van der Waals surface area contributed by atoms with Crippen LogP contribution in [0.15, 0.2) is 10.6 Å². The zero-order valence-corrected chi connectivity index (χ0v) is 12.0. The maximum atomic E-state index is 12.1. The molecule has 0 bridgehead atoms. The SMILES string of the molecule is CCCC(=O)N1CCC(C(=O)Nc2cc(C)on2)CC1. The number of rotatable bonds is 4. The van der Waals surface area contributed by atoms with Crippen LogP contribution in [0.3, 0.4) is 0 Å². The van der Waals surface area contributed by atoms with Crippen molar-refractivity contribution in [2.45, 2.75) is 39.5 Å². The van der Waals surface area contributed by atoms with E-state index < -0.39 is 0 Å². The molecule has 0 aromatic carbocycles. The second kappa shape index (κ2) is 6.54. The van der Waals surface area contributed by atoms with Crippen LogP contribution in [0.4, 0.5) is 5.82 Å². The zero-order valence-electron chi connectivity index (χ0n) is 12.0. The molecule has 6 nitrogen and oxygen atoms in total. The van der Waals surface area contributed by atoms with Crippen molar-refractivity contribution >= 4 is 17.6 Å². The first-order valence-corrected chi connectivity index (χ1v) is 7.12. The Balaban J connectivity index is 1.81. The largest absolute Gasteiger partial charge is 0.360 e. The quantitative estimate of drug-likeness (QED) is 0.914. The number of nitrogens with one attached hydrogen (secondary N) is 1. The predicted molar refractivity (Wildman–Crippen MR) is 74.1 cm³/mol. The summed E-state index contributed by atoms with van der Waals surface area (Å²) in [4.78, 5) is 25.7. The van der Waals surface area contributed by atoms with E-state index in [4.69, 9.17) is 4.52 Å². The van der Waals surface area contributed by atoms with Crippen molar-refractivity contribution in [1.82, 2.24) is 10.1 Å². The number of hydrogen-bond acceptors (Lipinski definition) is 4. The van der Waals surface area contributed by atoms with Gasteiger partial charge in [0, 0.05) is 31.5 Å². The van der Waals surface area contributed by atoms with E-state index >= 15 is 0 Å². The molecular formula is C14H21N3O3. The Morgan fingerprint density at radius 1 is 1.45 bits per heavy atom. The van der Waals surface area contributed by atoms with Crippen LogP contribution < -0.4 is 5.32 Å². The number of aryl methyl sites for hydroxylation is 1. The average molecular weight is 279 g/mol. The third-order valence-corrected chi connectivity index (χ3v) is 3.56. The molecule has 0 aliphatic carbocycles. The van der Waals surface area contributed by atoms with Gasteiger partial charge in [0.05, 0.1) is 0 Å². The summed E-state index contributed by atoms with van der Waals surface area (Å²) in [5, 5.41) is 6.50. The van der Waals surface area contributed by atoms with Crippen molar-refractivity contribution in [3.63, 3.8) is 0 Å². The lowest BCUT2D eigenvalue weighted by Crippen LogP contribution is -2.41. The Morgan fingerprint density at radius 2 is 2.15 bits per heavy atom. The first-order valence-electron chi connectivity index (χ1n) is 7.12. The number of carbonyl (C=O) groups is 2. The van der Waals surface area contributed by atoms with Gasteiger partial charge in [-0.3, -0.25) is 9.59 Å². The highest BCUT2D eigenvalue weighted by Crippen LogP contribution is 2.20. The molecule has 0 spiro atoms. The van der Waals surface area contributed by atoms with Gasteiger partial charge in [0.25, 0.3) is 0 Å². The normalized spacial score (nSPS) is 16.2. The Bertz CT molecular complexity index is 476. The predicted octanol–water partition coefficient (Wildman–Crippen LogP) is 1.96. The van der Waals surface area contributed by atoms with Crippen LogP contribution in [-0.2, 0) is 9.59 Å². The minimum atomic E-state index is -0.0577. The van der Waals surface area contributed by atoms with Gasteiger partial charge < -0.3 is 14.7 Å². The van der Waals surface area contributed by atoms with E-state index in [-0.39, 0.29) is 17.7 Å². The van der Waals surface area contributed by atoms with E-state index in [0.29, 0.717) is 43.9 Å². The molecule has 2 amide bonds. The van der Waals surface area contributed by atoms with Crippen LogP contribution in [0.1, 0.15) is 38.4 Å². The molecule has 0 atom stereocenters. The summed E-state index contributed by atoms with van der Waals surface area (Å²) in [5.74, 6) is 1.22. The average Bonchev–Trinajstić information content (AvgIpc) is 2.84. The van der Waals surface area contributed by atoms with Gasteiger partial charge in [0.2, 0.25) is 11.8 Å². The third-order valence-electron chi connectivity index (χ3n) is 3.56. The minimum absolute atomic E-state index is 0.0408. The van der Waals surface area contributed by atoms with Crippen molar-refractivity contribution in [3.05, 3.63) is 11.8 Å². The molecule has 1 aromatic rings. The maximum absolute atomic E-state index is 12.1. The van der Waals surface area contributed by atoms with Gasteiger partial charge >= 0.3 is 0 Å². The Hall–Kier alpha value is -1.85. The summed E-state index contributed by atoms with van der Waals surface area (Å²) in [6.07, 6.45) is 2.87. The number of nitrogens with zero attached hydrogens (tertiary/aromatic N) is 2. The van der Waals surface area contributed by atoms with E-state index in [0.717, 1.165) is 6.42 Å². The molecule has 0 saturated carbocycles. The van der Waals surface area contributed by atoms with Crippen molar-refractivity contribution in [2.24, 2.45) is 5.92 Å². The van der Waals surface area contributed by atoms with Gasteiger partial charge in [-0.25, -0.2) is 0 Å². The molecule has 0 unspecified atom stereocenters. The second-order valence-electron chi connectivity index (χ2n) is 5.22. The standard InChI is InChI=1S/C14H21N3O3/c1-3-4-13(18)17-7-5-11(6-8-17)14(19)15-12-9-10(2)20-16-12/h9,11H,3-8H2,1-2H3,(H,15,16,19). The highest BCUT2D eigenvalue weighted by atomic mass is 16.5. The van der Waals surface area contributed by atoms with Gasteiger partial charge in [-0.05, 0) is 26.2 Å². The molecule has 20 heavy (non-hydrogen) atoms. The van der Waals surface area contributed by atoms with Gasteiger partial charge in [-0.2, -0.15) is 0 Å². The molecular weight excluding hydrogens is 258 g/mol. The molecule has 2 heterocycles. The fourth-order valence-corrected chi connectivity index (χ4v) is 2.42. The van der Waals surface area contributed by atoms with Crippen LogP contribution in [0, 0.1) is 12.8 Å². The van der Waals surface area contributed by atoms with Crippen molar-refractivity contribution in [2.75, 3.05) is 18.4 Å². The number of piperidine rings is 1. The smallest absolute Gasteiger partial charge is 0.228 e. The number of carbonyl (C=O) groups excluding carboxylic acids is 2. The molecule has 1 aliphatic heterocycles. The second-order valence-corrected chi connectivity index (χ2v) is 5.22. The first kappa shape index (κ1) is 14.6. The number of aromatic nitrogens is 1. The molecule has 110 valence electrons. The van der Waals surface area contributed by atoms with Gasteiger partial charge in [-0.15, -0.1) is 0 Å². The summed E-state index contributed by atoms with van der Waals surface area (Å²) in [6.45, 7) is 5.10. The minimum Gasteiger partial charge on any atom is -0.360 e. The highest BCUT2D eigenvalue weighted by Gasteiger charge is 2.27. The Kier molecular flexibility index (Phi) is 4.76. The molecule has 1 N–H and O–H groups in total. The number of anilines is 1. The lowest BCUT2D eigenvalue weighted by atomic mass is 9.95. The van der Waals surface area contributed by atoms with Gasteiger partial charge in [-0.1, -0.05) is 12.1 Å². The summed E-state index contributed by atoms with van der Waals surface area (Å²) >= 11 is 0. The van der Waals surface area contributed by atoms with Crippen molar-refractivity contribution in [3.8, 4) is 0 Å². The first-order chi connectivity index (χ1) is 9.60. The fourth-order valence-electron chi connectivity index (χ4n) is 2.42. The van der Waals surface area contributed by atoms with Crippen LogP contribution in [0.5, 0.6) is 0 Å². The van der Waals surface area contributed by atoms with Crippen LogP contribution in [-0.4, -0.2) is 35.0 Å². The molecule has 0 radical (unpaired) electrons. The lowest BCUT2D eigenvalue weighted by Gasteiger charge is -2.31.